The summed E-state index contributed by atoms with van der Waals surface area (Å²) in [6.07, 6.45) is -4.83. The van der Waals surface area contributed by atoms with Gasteiger partial charge < -0.3 is 20.1 Å². The van der Waals surface area contributed by atoms with E-state index in [1.54, 1.807) is 37.4 Å². The molecule has 0 atom stereocenters. The maximum absolute atomic E-state index is 14.0. The zero-order valence-corrected chi connectivity index (χ0v) is 31.0. The molecular formula is C40H39F3N4O5S2. The van der Waals surface area contributed by atoms with Gasteiger partial charge in [-0.2, -0.15) is 13.2 Å². The summed E-state index contributed by atoms with van der Waals surface area (Å²) < 4.78 is 75.7. The van der Waals surface area contributed by atoms with E-state index in [0.717, 1.165) is 58.2 Å². The Kier molecular flexibility index (Phi) is 12.0. The fourth-order valence-electron chi connectivity index (χ4n) is 6.16. The van der Waals surface area contributed by atoms with Crippen LogP contribution in [-0.2, 0) is 22.7 Å². The topological polar surface area (TPSA) is 111 Å². The molecule has 1 aliphatic heterocycles. The third-order valence-corrected chi connectivity index (χ3v) is 11.3. The van der Waals surface area contributed by atoms with Gasteiger partial charge in [0.2, 0.25) is 0 Å². The predicted octanol–water partition coefficient (Wildman–Crippen LogP) is 7.73. The van der Waals surface area contributed by atoms with Crippen LogP contribution in [-0.4, -0.2) is 69.9 Å². The number of methoxy groups -OCH3 is 1. The van der Waals surface area contributed by atoms with Gasteiger partial charge in [0.1, 0.15) is 11.5 Å². The Morgan fingerprint density at radius 3 is 2.26 bits per heavy atom. The number of carbonyl (C=O) groups excluding carboxylic acids is 1. The number of hydrogen-bond acceptors (Lipinski definition) is 9. The second-order valence-corrected chi connectivity index (χ2v) is 15.5. The molecule has 1 heterocycles. The zero-order chi connectivity index (χ0) is 38.3. The average Bonchev–Trinajstić information content (AvgIpc) is 3.17. The number of piperazine rings is 1. The lowest BCUT2D eigenvalue weighted by molar-refractivity contribution is -0.137. The highest BCUT2D eigenvalue weighted by Crippen LogP contribution is 2.37. The molecule has 0 bridgehead atoms. The number of hydrogen-bond donors (Lipinski definition) is 3. The minimum absolute atomic E-state index is 0.0486. The van der Waals surface area contributed by atoms with E-state index in [2.05, 4.69) is 15.1 Å². The molecule has 54 heavy (non-hydrogen) atoms. The molecule has 6 rings (SSSR count). The van der Waals surface area contributed by atoms with Crippen LogP contribution in [0.4, 0.5) is 24.5 Å². The summed E-state index contributed by atoms with van der Waals surface area (Å²) >= 11 is 1.47. The first kappa shape index (κ1) is 38.5. The van der Waals surface area contributed by atoms with E-state index in [1.165, 1.54) is 23.9 Å². The molecule has 0 aliphatic carbocycles. The fraction of sp³-hybridized carbons (Fsp3) is 0.225. The molecule has 1 aliphatic rings. The Balaban J connectivity index is 1.03. The minimum atomic E-state index is -4.83. The van der Waals surface area contributed by atoms with Crippen molar-refractivity contribution < 1.29 is 36.2 Å². The van der Waals surface area contributed by atoms with Gasteiger partial charge in [-0.05, 0) is 83.9 Å². The van der Waals surface area contributed by atoms with E-state index >= 15 is 0 Å². The number of anilines is 2. The quantitative estimate of drug-likeness (QED) is 0.0818. The van der Waals surface area contributed by atoms with Crippen LogP contribution in [0, 0.1) is 0 Å². The van der Waals surface area contributed by atoms with E-state index in [4.69, 9.17) is 4.74 Å². The highest BCUT2D eigenvalue weighted by atomic mass is 32.2. The number of phenols is 1. The molecule has 282 valence electrons. The third-order valence-electron chi connectivity index (χ3n) is 8.99. The second-order valence-electron chi connectivity index (χ2n) is 12.6. The van der Waals surface area contributed by atoms with Crippen LogP contribution >= 0.6 is 11.8 Å². The van der Waals surface area contributed by atoms with E-state index < -0.39 is 32.6 Å². The summed E-state index contributed by atoms with van der Waals surface area (Å²) in [5, 5.41) is 12.6. The molecule has 5 aromatic carbocycles. The zero-order valence-electron chi connectivity index (χ0n) is 29.3. The summed E-state index contributed by atoms with van der Waals surface area (Å²) in [7, 11) is -2.99. The van der Waals surface area contributed by atoms with Crippen LogP contribution in [0.2, 0.25) is 0 Å². The number of rotatable bonds is 13. The smallest absolute Gasteiger partial charge is 0.418 e. The highest BCUT2D eigenvalue weighted by Gasteiger charge is 2.35. The normalized spacial score (nSPS) is 13.7. The first-order valence-electron chi connectivity index (χ1n) is 17.1. The molecule has 0 saturated carbocycles. The number of ether oxygens (including phenoxy) is 1. The number of aromatic hydroxyl groups is 1. The summed E-state index contributed by atoms with van der Waals surface area (Å²) in [4.78, 5) is 17.8. The molecule has 0 radical (unpaired) electrons. The van der Waals surface area contributed by atoms with Crippen molar-refractivity contribution in [3.8, 4) is 22.6 Å². The van der Waals surface area contributed by atoms with Crippen LogP contribution in [0.15, 0.2) is 125 Å². The first-order valence-corrected chi connectivity index (χ1v) is 19.6. The number of nitrogens with zero attached hydrogens (tertiary/aromatic N) is 2. The van der Waals surface area contributed by atoms with Crippen molar-refractivity contribution in [1.29, 1.82) is 0 Å². The SMILES string of the molecule is COc1cc(-c2cccc(O)c2)ccc1CN1CCN(c2ccc(C(=O)NS(=O)(=O)c3ccc(NCCSc4ccccc4)c(C(F)(F)F)c3)cc2)CC1. The van der Waals surface area contributed by atoms with Crippen LogP contribution < -0.4 is 19.7 Å². The summed E-state index contributed by atoms with van der Waals surface area (Å²) in [6, 6.07) is 31.5. The first-order chi connectivity index (χ1) is 25.9. The molecule has 14 heteroatoms. The van der Waals surface area contributed by atoms with Gasteiger partial charge in [0, 0.05) is 72.4 Å². The molecule has 1 amide bonds. The number of halogens is 3. The average molecular weight is 777 g/mol. The molecular weight excluding hydrogens is 738 g/mol. The molecule has 1 fully saturated rings. The number of carbonyl (C=O) groups is 1. The number of phenolic OH excluding ortho intramolecular Hbond substituents is 1. The molecule has 0 aromatic heterocycles. The van der Waals surface area contributed by atoms with Crippen molar-refractivity contribution in [3.63, 3.8) is 0 Å². The summed E-state index contributed by atoms with van der Waals surface area (Å²) in [5.74, 6) is 0.486. The number of benzene rings is 5. The molecule has 1 saturated heterocycles. The third kappa shape index (κ3) is 9.67. The van der Waals surface area contributed by atoms with Crippen LogP contribution in [0.5, 0.6) is 11.5 Å². The summed E-state index contributed by atoms with van der Waals surface area (Å²) in [5.41, 5.74) is 2.37. The molecule has 3 N–H and O–H groups in total. The van der Waals surface area contributed by atoms with E-state index in [-0.39, 0.29) is 23.5 Å². The Labute approximate surface area is 316 Å². The standard InChI is InChI=1S/C40H39F3N4O5S2/c1-52-38-25-30(29-6-5-7-33(48)24-29)10-11-31(38)27-46-19-21-47(22-20-46)32-14-12-28(13-15-32)39(49)45-54(50,51)35-16-17-37(36(26-35)40(41,42)43)44-18-23-53-34-8-3-2-4-9-34/h2-17,24-26,44,48H,18-23,27H2,1H3,(H,45,49). The van der Waals surface area contributed by atoms with Gasteiger partial charge in [0.15, 0.2) is 0 Å². The van der Waals surface area contributed by atoms with Crippen LogP contribution in [0.3, 0.4) is 0 Å². The maximum atomic E-state index is 14.0. The lowest BCUT2D eigenvalue weighted by Gasteiger charge is -2.36. The summed E-state index contributed by atoms with van der Waals surface area (Å²) in [6.45, 7) is 3.84. The number of sulfonamides is 1. The van der Waals surface area contributed by atoms with Gasteiger partial charge in [-0.1, -0.05) is 42.5 Å². The van der Waals surface area contributed by atoms with Crippen molar-refractivity contribution in [1.82, 2.24) is 9.62 Å². The minimum Gasteiger partial charge on any atom is -0.508 e. The number of thioether (sulfide) groups is 1. The maximum Gasteiger partial charge on any atom is 0.418 e. The van der Waals surface area contributed by atoms with E-state index in [0.29, 0.717) is 31.5 Å². The lowest BCUT2D eigenvalue weighted by Crippen LogP contribution is -2.46. The molecule has 0 spiro atoms. The van der Waals surface area contributed by atoms with Crippen molar-refractivity contribution in [2.45, 2.75) is 22.5 Å². The van der Waals surface area contributed by atoms with Crippen LogP contribution in [0.1, 0.15) is 21.5 Å². The molecule has 5 aromatic rings. The van der Waals surface area contributed by atoms with Crippen LogP contribution in [0.25, 0.3) is 11.1 Å². The molecule has 9 nitrogen and oxygen atoms in total. The Hall–Kier alpha value is -5.18. The number of alkyl halides is 3. The van der Waals surface area contributed by atoms with E-state index in [1.807, 2.05) is 59.3 Å². The largest absolute Gasteiger partial charge is 0.508 e. The monoisotopic (exact) mass is 776 g/mol. The predicted molar refractivity (Wildman–Crippen MR) is 206 cm³/mol. The number of nitrogens with one attached hydrogen (secondary N) is 2. The fourth-order valence-corrected chi connectivity index (χ4v) is 7.95. The van der Waals surface area contributed by atoms with Gasteiger partial charge in [0.05, 0.1) is 17.6 Å². The van der Waals surface area contributed by atoms with Gasteiger partial charge in [-0.15, -0.1) is 11.8 Å². The Morgan fingerprint density at radius 2 is 1.57 bits per heavy atom. The van der Waals surface area contributed by atoms with Gasteiger partial charge in [0.25, 0.3) is 15.9 Å². The van der Waals surface area contributed by atoms with Crippen molar-refractivity contribution >= 4 is 39.1 Å². The van der Waals surface area contributed by atoms with Gasteiger partial charge >= 0.3 is 6.18 Å². The van der Waals surface area contributed by atoms with Gasteiger partial charge in [-0.3, -0.25) is 9.69 Å². The van der Waals surface area contributed by atoms with Gasteiger partial charge in [-0.25, -0.2) is 13.1 Å². The second kappa shape index (κ2) is 16.9. The van der Waals surface area contributed by atoms with Crippen molar-refractivity contribution in [2.75, 3.05) is 55.8 Å². The Morgan fingerprint density at radius 1 is 0.852 bits per heavy atom. The molecule has 0 unspecified atom stereocenters. The Bertz CT molecular complexity index is 2180. The van der Waals surface area contributed by atoms with Crippen molar-refractivity contribution in [3.05, 3.63) is 132 Å². The highest BCUT2D eigenvalue weighted by molar-refractivity contribution is 7.99. The van der Waals surface area contributed by atoms with Crippen molar-refractivity contribution in [2.24, 2.45) is 0 Å². The number of amides is 1. The van der Waals surface area contributed by atoms with E-state index in [9.17, 15) is 31.5 Å². The lowest BCUT2D eigenvalue weighted by atomic mass is 10.0.